The predicted molar refractivity (Wildman–Crippen MR) is 60.2 cm³/mol. The van der Waals surface area contributed by atoms with Gasteiger partial charge in [-0.3, -0.25) is 14.9 Å². The van der Waals surface area contributed by atoms with Gasteiger partial charge in [0.25, 0.3) is 5.91 Å². The Kier molecular flexibility index (Phi) is 3.04. The van der Waals surface area contributed by atoms with E-state index in [9.17, 15) is 14.4 Å². The van der Waals surface area contributed by atoms with Crippen LogP contribution in [-0.4, -0.2) is 23.9 Å². The zero-order valence-electron chi connectivity index (χ0n) is 8.90. The fourth-order valence-corrected chi connectivity index (χ4v) is 1.52. The molecule has 1 aliphatic rings. The van der Waals surface area contributed by atoms with Gasteiger partial charge >= 0.3 is 6.03 Å². The van der Waals surface area contributed by atoms with Gasteiger partial charge in [0, 0.05) is 5.69 Å². The van der Waals surface area contributed by atoms with Crippen LogP contribution in [0.4, 0.5) is 10.5 Å². The fourth-order valence-electron chi connectivity index (χ4n) is 1.52. The quantitative estimate of drug-likeness (QED) is 0.653. The van der Waals surface area contributed by atoms with Crippen molar-refractivity contribution in [3.05, 3.63) is 30.3 Å². The molecule has 1 atom stereocenters. The Bertz CT molecular complexity index is 458. The Balaban J connectivity index is 1.90. The number of rotatable bonds is 3. The molecular weight excluding hydrogens is 222 g/mol. The Hall–Kier alpha value is -2.37. The minimum atomic E-state index is -0.786. The molecule has 0 bridgehead atoms. The van der Waals surface area contributed by atoms with Gasteiger partial charge in [0.15, 0.2) is 0 Å². The van der Waals surface area contributed by atoms with Crippen molar-refractivity contribution in [1.82, 2.24) is 10.6 Å². The standard InChI is InChI=1S/C11H11N3O3/c15-9(12-7-4-2-1-3-5-7)6-8-10(16)14-11(17)13-8/h1-5,8H,6H2,(H,12,15)(H2,13,14,16,17)/t8-/m0/s1. The SMILES string of the molecule is O=C(C[C@@H]1NC(=O)NC1=O)Nc1ccccc1. The van der Waals surface area contributed by atoms with Gasteiger partial charge in [0.05, 0.1) is 6.42 Å². The van der Waals surface area contributed by atoms with Gasteiger partial charge < -0.3 is 10.6 Å². The number of amides is 4. The van der Waals surface area contributed by atoms with Crippen LogP contribution in [0, 0.1) is 0 Å². The van der Waals surface area contributed by atoms with Crippen LogP contribution >= 0.6 is 0 Å². The molecule has 1 fully saturated rings. The Morgan fingerprint density at radius 3 is 2.53 bits per heavy atom. The van der Waals surface area contributed by atoms with Crippen LogP contribution in [0.1, 0.15) is 6.42 Å². The van der Waals surface area contributed by atoms with Gasteiger partial charge in [-0.25, -0.2) is 4.79 Å². The maximum Gasteiger partial charge on any atom is 0.322 e. The first-order valence-corrected chi connectivity index (χ1v) is 5.11. The summed E-state index contributed by atoms with van der Waals surface area (Å²) in [4.78, 5) is 33.6. The average Bonchev–Trinajstić information content (AvgIpc) is 2.58. The summed E-state index contributed by atoms with van der Waals surface area (Å²) >= 11 is 0. The second kappa shape index (κ2) is 4.65. The molecule has 1 heterocycles. The van der Waals surface area contributed by atoms with Gasteiger partial charge in [0.2, 0.25) is 5.91 Å². The maximum atomic E-state index is 11.6. The summed E-state index contributed by atoms with van der Waals surface area (Å²) in [6, 6.07) is 7.55. The zero-order chi connectivity index (χ0) is 12.3. The maximum absolute atomic E-state index is 11.6. The summed E-state index contributed by atoms with van der Waals surface area (Å²) in [6.07, 6.45) is -0.0769. The predicted octanol–water partition coefficient (Wildman–Crippen LogP) is 0.223. The molecule has 1 saturated heterocycles. The Morgan fingerprint density at radius 1 is 1.24 bits per heavy atom. The highest BCUT2D eigenvalue weighted by Gasteiger charge is 2.31. The minimum Gasteiger partial charge on any atom is -0.326 e. The molecule has 17 heavy (non-hydrogen) atoms. The lowest BCUT2D eigenvalue weighted by Gasteiger charge is -2.07. The van der Waals surface area contributed by atoms with E-state index in [1.807, 2.05) is 6.07 Å². The molecule has 6 heteroatoms. The van der Waals surface area contributed by atoms with Crippen LogP contribution in [0.25, 0.3) is 0 Å². The number of para-hydroxylation sites is 1. The second-order valence-corrected chi connectivity index (χ2v) is 3.63. The number of carbonyl (C=O) groups excluding carboxylic acids is 3. The molecule has 1 aromatic carbocycles. The first-order valence-electron chi connectivity index (χ1n) is 5.11. The van der Waals surface area contributed by atoms with Crippen molar-refractivity contribution < 1.29 is 14.4 Å². The summed E-state index contributed by atoms with van der Waals surface area (Å²) in [5, 5.41) is 7.06. The molecule has 88 valence electrons. The van der Waals surface area contributed by atoms with Crippen molar-refractivity contribution in [1.29, 1.82) is 0 Å². The molecule has 4 amide bonds. The highest BCUT2D eigenvalue weighted by atomic mass is 16.2. The molecule has 3 N–H and O–H groups in total. The first-order chi connectivity index (χ1) is 8.15. The van der Waals surface area contributed by atoms with E-state index in [1.54, 1.807) is 24.3 Å². The molecule has 2 rings (SSSR count). The summed E-state index contributed by atoms with van der Waals surface area (Å²) in [6.45, 7) is 0. The van der Waals surface area contributed by atoms with Crippen LogP contribution in [0.3, 0.4) is 0 Å². The van der Waals surface area contributed by atoms with Gasteiger partial charge in [-0.1, -0.05) is 18.2 Å². The number of benzene rings is 1. The summed E-state index contributed by atoms with van der Waals surface area (Å²) in [7, 11) is 0. The van der Waals surface area contributed by atoms with Crippen molar-refractivity contribution >= 4 is 23.5 Å². The second-order valence-electron chi connectivity index (χ2n) is 3.63. The third-order valence-corrected chi connectivity index (χ3v) is 2.31. The largest absolute Gasteiger partial charge is 0.326 e. The van der Waals surface area contributed by atoms with E-state index >= 15 is 0 Å². The number of nitrogens with one attached hydrogen (secondary N) is 3. The minimum absolute atomic E-state index is 0.0769. The third kappa shape index (κ3) is 2.81. The molecular formula is C11H11N3O3. The molecule has 0 saturated carbocycles. The lowest BCUT2D eigenvalue weighted by Crippen LogP contribution is -2.33. The van der Waals surface area contributed by atoms with E-state index in [-0.39, 0.29) is 12.3 Å². The average molecular weight is 233 g/mol. The monoisotopic (exact) mass is 233 g/mol. The fraction of sp³-hybridized carbons (Fsp3) is 0.182. The Labute approximate surface area is 97.4 Å². The molecule has 0 aromatic heterocycles. The van der Waals surface area contributed by atoms with E-state index < -0.39 is 18.0 Å². The van der Waals surface area contributed by atoms with Gasteiger partial charge in [0.1, 0.15) is 6.04 Å². The van der Waals surface area contributed by atoms with Crippen LogP contribution in [0.2, 0.25) is 0 Å². The van der Waals surface area contributed by atoms with E-state index in [2.05, 4.69) is 16.0 Å². The van der Waals surface area contributed by atoms with E-state index in [0.29, 0.717) is 5.69 Å². The van der Waals surface area contributed by atoms with E-state index in [1.165, 1.54) is 0 Å². The smallest absolute Gasteiger partial charge is 0.322 e. The molecule has 0 aliphatic carbocycles. The molecule has 6 nitrogen and oxygen atoms in total. The molecule has 0 radical (unpaired) electrons. The van der Waals surface area contributed by atoms with E-state index in [4.69, 9.17) is 0 Å². The van der Waals surface area contributed by atoms with Crippen LogP contribution in [0.5, 0.6) is 0 Å². The van der Waals surface area contributed by atoms with Gasteiger partial charge in [-0.05, 0) is 12.1 Å². The molecule has 0 spiro atoms. The lowest BCUT2D eigenvalue weighted by molar-refractivity contribution is -0.124. The number of urea groups is 1. The highest BCUT2D eigenvalue weighted by molar-refractivity contribution is 6.06. The molecule has 1 aromatic rings. The van der Waals surface area contributed by atoms with Crippen LogP contribution < -0.4 is 16.0 Å². The topological polar surface area (TPSA) is 87.3 Å². The number of carbonyl (C=O) groups is 3. The van der Waals surface area contributed by atoms with Crippen LogP contribution in [-0.2, 0) is 9.59 Å². The van der Waals surface area contributed by atoms with Crippen molar-refractivity contribution in [3.8, 4) is 0 Å². The summed E-state index contributed by atoms with van der Waals surface area (Å²) in [5.41, 5.74) is 0.655. The number of hydrogen-bond donors (Lipinski definition) is 3. The summed E-state index contributed by atoms with van der Waals surface area (Å²) < 4.78 is 0. The number of hydrogen-bond acceptors (Lipinski definition) is 3. The Morgan fingerprint density at radius 2 is 1.94 bits per heavy atom. The van der Waals surface area contributed by atoms with E-state index in [0.717, 1.165) is 0 Å². The zero-order valence-corrected chi connectivity index (χ0v) is 8.90. The normalized spacial score (nSPS) is 18.5. The summed E-state index contributed by atoms with van der Waals surface area (Å²) in [5.74, 6) is -0.795. The van der Waals surface area contributed by atoms with Crippen molar-refractivity contribution in [2.24, 2.45) is 0 Å². The van der Waals surface area contributed by atoms with Gasteiger partial charge in [-0.2, -0.15) is 0 Å². The molecule has 0 unspecified atom stereocenters. The molecule has 1 aliphatic heterocycles. The highest BCUT2D eigenvalue weighted by Crippen LogP contribution is 2.07. The third-order valence-electron chi connectivity index (χ3n) is 2.31. The van der Waals surface area contributed by atoms with Crippen molar-refractivity contribution in [2.75, 3.05) is 5.32 Å². The number of anilines is 1. The van der Waals surface area contributed by atoms with Crippen molar-refractivity contribution in [2.45, 2.75) is 12.5 Å². The van der Waals surface area contributed by atoms with Gasteiger partial charge in [-0.15, -0.1) is 0 Å². The lowest BCUT2D eigenvalue weighted by atomic mass is 10.2. The van der Waals surface area contributed by atoms with Crippen LogP contribution in [0.15, 0.2) is 30.3 Å². The van der Waals surface area contributed by atoms with Crippen molar-refractivity contribution in [3.63, 3.8) is 0 Å². The first kappa shape index (κ1) is 11.1. The number of imide groups is 1.